The molecule has 2 aliphatic carbocycles. The first-order valence-electron chi connectivity index (χ1n) is 14.8. The van der Waals surface area contributed by atoms with Crippen LogP contribution in [0, 0.1) is 0 Å². The van der Waals surface area contributed by atoms with Crippen LogP contribution >= 0.6 is 18.5 Å². The fraction of sp³-hybridized carbons (Fsp3) is 0.474. The summed E-state index contributed by atoms with van der Waals surface area (Å²) in [6, 6.07) is 14.5. The smallest absolute Gasteiger partial charge is 0.0450 e. The lowest BCUT2D eigenvalue weighted by atomic mass is 9.78. The van der Waals surface area contributed by atoms with Crippen LogP contribution in [0.15, 0.2) is 72.9 Å². The van der Waals surface area contributed by atoms with Crippen LogP contribution in [0.25, 0.3) is 11.1 Å². The summed E-state index contributed by atoms with van der Waals surface area (Å²) in [7, 11) is -0.898. The van der Waals surface area contributed by atoms with Gasteiger partial charge in [-0.05, 0) is 66.2 Å². The summed E-state index contributed by atoms with van der Waals surface area (Å²) in [6.07, 6.45) is 13.6. The van der Waals surface area contributed by atoms with Gasteiger partial charge < -0.3 is 0 Å². The van der Waals surface area contributed by atoms with Gasteiger partial charge in [0, 0.05) is 18.6 Å². The molecule has 214 valence electrons. The van der Waals surface area contributed by atoms with E-state index >= 15 is 0 Å². The van der Waals surface area contributed by atoms with E-state index in [9.17, 15) is 0 Å². The Balaban J connectivity index is 1.91. The molecule has 0 bridgehead atoms. The van der Waals surface area contributed by atoms with E-state index in [-0.39, 0.29) is 33.0 Å². The highest BCUT2D eigenvalue weighted by molar-refractivity contribution is 7.86. The maximum atomic E-state index is 7.58. The first-order valence-corrected chi connectivity index (χ1v) is 17.2. The van der Waals surface area contributed by atoms with Crippen molar-refractivity contribution in [3.8, 4) is 0 Å². The molecule has 2 heteroatoms. The molecule has 0 nitrogen and oxygen atoms in total. The SMILES string of the molecule is CC(C)(C)c1cc(C2=CC=C(c3cc(C(C)(C)C)cc(C(C)(C)C)c3)C2P(Cl)C2C=CC=C2)cc(C(C)(C)C)c1. The monoisotopic (exact) mass is 572 g/mol. The van der Waals surface area contributed by atoms with Gasteiger partial charge in [0.15, 0.2) is 0 Å². The molecule has 4 rings (SSSR count). The second kappa shape index (κ2) is 10.7. The van der Waals surface area contributed by atoms with Crippen molar-refractivity contribution in [1.82, 2.24) is 0 Å². The molecule has 0 fully saturated rings. The summed E-state index contributed by atoms with van der Waals surface area (Å²) in [6.45, 7) is 27.8. The lowest BCUT2D eigenvalue weighted by Crippen LogP contribution is -2.19. The Hall–Kier alpha value is -1.88. The van der Waals surface area contributed by atoms with Crippen LogP contribution in [0.2, 0.25) is 0 Å². The van der Waals surface area contributed by atoms with Crippen LogP contribution in [0.1, 0.15) is 116 Å². The van der Waals surface area contributed by atoms with Gasteiger partial charge in [0.05, 0.1) is 0 Å². The van der Waals surface area contributed by atoms with Crippen molar-refractivity contribution in [3.05, 3.63) is 106 Å². The molecule has 0 aromatic heterocycles. The molecule has 1 atom stereocenters. The van der Waals surface area contributed by atoms with Crippen molar-refractivity contribution in [2.75, 3.05) is 0 Å². The number of halogens is 1. The Labute approximate surface area is 251 Å². The molecule has 2 aliphatic rings. The lowest BCUT2D eigenvalue weighted by Gasteiger charge is -2.32. The summed E-state index contributed by atoms with van der Waals surface area (Å²) < 4.78 is 0. The highest BCUT2D eigenvalue weighted by Gasteiger charge is 2.37. The van der Waals surface area contributed by atoms with Crippen molar-refractivity contribution in [3.63, 3.8) is 0 Å². The summed E-state index contributed by atoms with van der Waals surface area (Å²) in [4.78, 5) is 0. The number of rotatable bonds is 4. The zero-order chi connectivity index (χ0) is 29.8. The molecular formula is C38H50ClP. The van der Waals surface area contributed by atoms with Crippen LogP contribution in [0.3, 0.4) is 0 Å². The van der Waals surface area contributed by atoms with Gasteiger partial charge >= 0.3 is 0 Å². The van der Waals surface area contributed by atoms with Crippen LogP contribution in [0.4, 0.5) is 0 Å². The lowest BCUT2D eigenvalue weighted by molar-refractivity contribution is 0.568. The highest BCUT2D eigenvalue weighted by Crippen LogP contribution is 2.63. The Bertz CT molecular complexity index is 1220. The summed E-state index contributed by atoms with van der Waals surface area (Å²) in [5.74, 6) is 0. The topological polar surface area (TPSA) is 0 Å². The van der Waals surface area contributed by atoms with Gasteiger partial charge in [0.25, 0.3) is 0 Å². The van der Waals surface area contributed by atoms with E-state index in [1.165, 1.54) is 44.5 Å². The molecule has 0 spiro atoms. The maximum absolute atomic E-state index is 7.58. The Kier molecular flexibility index (Phi) is 8.35. The van der Waals surface area contributed by atoms with Crippen LogP contribution in [-0.2, 0) is 21.7 Å². The Morgan fingerprint density at radius 1 is 0.500 bits per heavy atom. The first kappa shape index (κ1) is 31.1. The molecule has 2 aromatic rings. The quantitative estimate of drug-likeness (QED) is 0.319. The maximum Gasteiger partial charge on any atom is 0.0450 e. The minimum atomic E-state index is -0.898. The van der Waals surface area contributed by atoms with Gasteiger partial charge in [-0.15, -0.1) is 0 Å². The molecule has 0 amide bonds. The number of hydrogen-bond donors (Lipinski definition) is 0. The van der Waals surface area contributed by atoms with Gasteiger partial charge in [-0.2, -0.15) is 0 Å². The van der Waals surface area contributed by atoms with E-state index in [2.05, 4.69) is 156 Å². The standard InChI is InChI=1S/C38H50ClP/c1-35(2,3)27-19-25(20-28(23-27)36(4,5)6)32-17-18-33(34(32)40(39)31-15-13-14-16-31)26-21-29(37(7,8)9)24-30(22-26)38(10,11)12/h13-24,31,34H,1-12H3. The van der Waals surface area contributed by atoms with Gasteiger partial charge in [-0.25, -0.2) is 0 Å². The molecule has 0 saturated heterocycles. The highest BCUT2D eigenvalue weighted by atomic mass is 35.7. The van der Waals surface area contributed by atoms with E-state index < -0.39 is 7.27 Å². The molecule has 2 aromatic carbocycles. The van der Waals surface area contributed by atoms with Crippen LogP contribution in [-0.4, -0.2) is 11.3 Å². The van der Waals surface area contributed by atoms with E-state index in [0.717, 1.165) is 0 Å². The number of hydrogen-bond acceptors (Lipinski definition) is 0. The van der Waals surface area contributed by atoms with Gasteiger partial charge in [-0.3, -0.25) is 0 Å². The molecule has 0 saturated carbocycles. The molecule has 1 unspecified atom stereocenters. The van der Waals surface area contributed by atoms with Crippen molar-refractivity contribution >= 4 is 29.7 Å². The van der Waals surface area contributed by atoms with Crippen molar-refractivity contribution < 1.29 is 0 Å². The predicted octanol–water partition coefficient (Wildman–Crippen LogP) is 11.9. The fourth-order valence-corrected chi connectivity index (χ4v) is 8.28. The van der Waals surface area contributed by atoms with Crippen molar-refractivity contribution in [2.24, 2.45) is 0 Å². The molecule has 0 N–H and O–H groups in total. The normalized spacial score (nSPS) is 17.9. The largest absolute Gasteiger partial charge is 0.0945 e. The summed E-state index contributed by atoms with van der Waals surface area (Å²) in [5.41, 5.74) is 11.6. The zero-order valence-corrected chi connectivity index (χ0v) is 28.6. The van der Waals surface area contributed by atoms with E-state index in [0.29, 0.717) is 0 Å². The molecule has 0 radical (unpaired) electrons. The molecular weight excluding hydrogens is 523 g/mol. The van der Waals surface area contributed by atoms with Crippen LogP contribution < -0.4 is 0 Å². The second-order valence-electron chi connectivity index (χ2n) is 15.8. The predicted molar refractivity (Wildman–Crippen MR) is 182 cm³/mol. The number of benzene rings is 2. The average Bonchev–Trinajstić information content (AvgIpc) is 3.51. The third-order valence-electron chi connectivity index (χ3n) is 8.29. The van der Waals surface area contributed by atoms with Gasteiger partial charge in [-0.1, -0.05) is 167 Å². The third kappa shape index (κ3) is 6.61. The number of allylic oxidation sites excluding steroid dienone is 8. The molecule has 0 heterocycles. The first-order chi connectivity index (χ1) is 18.3. The minimum absolute atomic E-state index is 0.0617. The second-order valence-corrected chi connectivity index (χ2v) is 18.8. The third-order valence-corrected chi connectivity index (χ3v) is 11.5. The van der Waals surface area contributed by atoms with E-state index in [1.54, 1.807) is 0 Å². The van der Waals surface area contributed by atoms with E-state index in [1.807, 2.05) is 0 Å². The van der Waals surface area contributed by atoms with Gasteiger partial charge in [0.2, 0.25) is 0 Å². The van der Waals surface area contributed by atoms with Crippen LogP contribution in [0.5, 0.6) is 0 Å². The zero-order valence-electron chi connectivity index (χ0n) is 26.9. The molecule has 0 aliphatic heterocycles. The minimum Gasteiger partial charge on any atom is -0.0945 e. The Morgan fingerprint density at radius 3 is 1.07 bits per heavy atom. The summed E-state index contributed by atoms with van der Waals surface area (Å²) in [5, 5.41) is 0. The van der Waals surface area contributed by atoms with Crippen molar-refractivity contribution in [1.29, 1.82) is 0 Å². The summed E-state index contributed by atoms with van der Waals surface area (Å²) >= 11 is 7.58. The van der Waals surface area contributed by atoms with Gasteiger partial charge in [0.1, 0.15) is 0 Å². The van der Waals surface area contributed by atoms with E-state index in [4.69, 9.17) is 11.2 Å². The van der Waals surface area contributed by atoms with Crippen molar-refractivity contribution in [2.45, 2.75) is 116 Å². The average molecular weight is 573 g/mol. The fourth-order valence-electron chi connectivity index (χ4n) is 5.38. The Morgan fingerprint density at radius 2 is 0.800 bits per heavy atom. The molecule has 40 heavy (non-hydrogen) atoms.